The molecule has 0 aromatic carbocycles. The van der Waals surface area contributed by atoms with Crippen LogP contribution in [0.25, 0.3) is 0 Å². The van der Waals surface area contributed by atoms with Crippen LogP contribution in [0.2, 0.25) is 0 Å². The molecule has 0 saturated carbocycles. The van der Waals surface area contributed by atoms with Crippen molar-refractivity contribution in [3.8, 4) is 0 Å². The molecule has 1 atom stereocenters. The number of likely N-dealkylation sites (tertiary alicyclic amines) is 1. The Morgan fingerprint density at radius 1 is 1.56 bits per heavy atom. The average molecular weight is 252 g/mol. The summed E-state index contributed by atoms with van der Waals surface area (Å²) in [4.78, 5) is 6.77. The van der Waals surface area contributed by atoms with E-state index in [-0.39, 0.29) is 0 Å². The minimum atomic E-state index is 0.753. The number of anilines is 1. The molecule has 18 heavy (non-hydrogen) atoms. The summed E-state index contributed by atoms with van der Waals surface area (Å²) in [5.41, 5.74) is 0. The van der Waals surface area contributed by atoms with Crippen molar-refractivity contribution in [2.45, 2.75) is 19.4 Å². The molecular formula is C13H24N4O. The van der Waals surface area contributed by atoms with Crippen molar-refractivity contribution in [1.29, 1.82) is 0 Å². The maximum absolute atomic E-state index is 5.04. The molecule has 2 heterocycles. The van der Waals surface area contributed by atoms with Gasteiger partial charge in [-0.25, -0.2) is 4.98 Å². The number of imidazole rings is 1. The van der Waals surface area contributed by atoms with Crippen LogP contribution in [0.5, 0.6) is 0 Å². The van der Waals surface area contributed by atoms with Crippen LogP contribution in [0.4, 0.5) is 5.95 Å². The Hall–Kier alpha value is -1.07. The normalized spacial score (nSPS) is 20.4. The van der Waals surface area contributed by atoms with Gasteiger partial charge in [-0.1, -0.05) is 0 Å². The molecule has 0 radical (unpaired) electrons. The zero-order valence-corrected chi connectivity index (χ0v) is 11.4. The molecule has 1 saturated heterocycles. The number of nitrogens with zero attached hydrogens (tertiary/aromatic N) is 3. The van der Waals surface area contributed by atoms with E-state index in [1.54, 1.807) is 7.11 Å². The van der Waals surface area contributed by atoms with Crippen LogP contribution in [0.1, 0.15) is 12.8 Å². The highest BCUT2D eigenvalue weighted by Crippen LogP contribution is 2.18. The van der Waals surface area contributed by atoms with Crippen molar-refractivity contribution < 1.29 is 4.74 Å². The second-order valence-corrected chi connectivity index (χ2v) is 5.09. The topological polar surface area (TPSA) is 42.3 Å². The van der Waals surface area contributed by atoms with E-state index in [1.165, 1.54) is 19.5 Å². The van der Waals surface area contributed by atoms with Crippen molar-refractivity contribution in [1.82, 2.24) is 14.5 Å². The lowest BCUT2D eigenvalue weighted by molar-refractivity contribution is 0.197. The largest absolute Gasteiger partial charge is 0.385 e. The SMILES string of the molecule is COCCCNc1nccn1CC1CCN(C)C1. The summed E-state index contributed by atoms with van der Waals surface area (Å²) in [7, 11) is 3.93. The van der Waals surface area contributed by atoms with Gasteiger partial charge in [0, 0.05) is 45.7 Å². The number of nitrogens with one attached hydrogen (secondary N) is 1. The Balaban J connectivity index is 1.79. The molecule has 0 bridgehead atoms. The van der Waals surface area contributed by atoms with Gasteiger partial charge in [0.05, 0.1) is 0 Å². The highest BCUT2D eigenvalue weighted by molar-refractivity contribution is 5.25. The summed E-state index contributed by atoms with van der Waals surface area (Å²) in [6.07, 6.45) is 6.24. The Labute approximate surface area is 109 Å². The molecule has 1 aromatic rings. The van der Waals surface area contributed by atoms with E-state index < -0.39 is 0 Å². The molecule has 0 spiro atoms. The van der Waals surface area contributed by atoms with Crippen molar-refractivity contribution in [3.63, 3.8) is 0 Å². The third-order valence-corrected chi connectivity index (χ3v) is 3.47. The van der Waals surface area contributed by atoms with Gasteiger partial charge < -0.3 is 19.5 Å². The standard InChI is InChI=1S/C13H24N4O/c1-16-7-4-12(10-16)11-17-8-6-15-13(17)14-5-3-9-18-2/h6,8,12H,3-5,7,9-11H2,1-2H3,(H,14,15). The van der Waals surface area contributed by atoms with Crippen LogP contribution >= 0.6 is 0 Å². The van der Waals surface area contributed by atoms with Gasteiger partial charge in [-0.2, -0.15) is 0 Å². The molecule has 1 aliphatic heterocycles. The minimum absolute atomic E-state index is 0.753. The smallest absolute Gasteiger partial charge is 0.202 e. The van der Waals surface area contributed by atoms with Gasteiger partial charge >= 0.3 is 0 Å². The number of aromatic nitrogens is 2. The van der Waals surface area contributed by atoms with Crippen LogP contribution < -0.4 is 5.32 Å². The average Bonchev–Trinajstić information content (AvgIpc) is 2.95. The summed E-state index contributed by atoms with van der Waals surface area (Å²) in [6.45, 7) is 5.19. The van der Waals surface area contributed by atoms with E-state index >= 15 is 0 Å². The van der Waals surface area contributed by atoms with Gasteiger partial charge in [0.15, 0.2) is 0 Å². The van der Waals surface area contributed by atoms with Crippen LogP contribution in [0, 0.1) is 5.92 Å². The van der Waals surface area contributed by atoms with Gasteiger partial charge in [0.1, 0.15) is 0 Å². The lowest BCUT2D eigenvalue weighted by Gasteiger charge is -2.14. The molecule has 1 aromatic heterocycles. The first-order valence-corrected chi connectivity index (χ1v) is 6.72. The van der Waals surface area contributed by atoms with Gasteiger partial charge in [-0.3, -0.25) is 0 Å². The number of hydrogen-bond donors (Lipinski definition) is 1. The van der Waals surface area contributed by atoms with Gasteiger partial charge in [0.25, 0.3) is 0 Å². The van der Waals surface area contributed by atoms with Crippen molar-refractivity contribution >= 4 is 5.95 Å². The molecule has 1 aliphatic rings. The molecule has 0 aliphatic carbocycles. The number of hydrogen-bond acceptors (Lipinski definition) is 4. The molecule has 1 fully saturated rings. The number of rotatable bonds is 7. The third kappa shape index (κ3) is 3.71. The van der Waals surface area contributed by atoms with Gasteiger partial charge in [-0.15, -0.1) is 0 Å². The summed E-state index contributed by atoms with van der Waals surface area (Å²) in [5.74, 6) is 1.74. The zero-order valence-electron chi connectivity index (χ0n) is 11.4. The fourth-order valence-corrected chi connectivity index (χ4v) is 2.49. The monoisotopic (exact) mass is 252 g/mol. The molecule has 0 amide bonds. The van der Waals surface area contributed by atoms with E-state index in [9.17, 15) is 0 Å². The Kier molecular flexibility index (Phi) is 5.01. The zero-order chi connectivity index (χ0) is 12.8. The number of ether oxygens (including phenoxy) is 1. The molecule has 102 valence electrons. The Morgan fingerprint density at radius 3 is 3.17 bits per heavy atom. The quantitative estimate of drug-likeness (QED) is 0.742. The summed E-state index contributed by atoms with van der Waals surface area (Å²) in [5, 5.41) is 3.37. The van der Waals surface area contributed by atoms with E-state index in [1.807, 2.05) is 6.20 Å². The van der Waals surface area contributed by atoms with Crippen molar-refractivity contribution in [3.05, 3.63) is 12.4 Å². The van der Waals surface area contributed by atoms with Crippen molar-refractivity contribution in [2.75, 3.05) is 45.7 Å². The predicted octanol–water partition coefficient (Wildman–Crippen LogP) is 1.28. The summed E-state index contributed by atoms with van der Waals surface area (Å²) < 4.78 is 7.27. The maximum Gasteiger partial charge on any atom is 0.202 e. The fourth-order valence-electron chi connectivity index (χ4n) is 2.49. The fraction of sp³-hybridized carbons (Fsp3) is 0.769. The van der Waals surface area contributed by atoms with E-state index in [4.69, 9.17) is 4.74 Å². The Morgan fingerprint density at radius 2 is 2.44 bits per heavy atom. The van der Waals surface area contributed by atoms with Crippen LogP contribution in [0.3, 0.4) is 0 Å². The van der Waals surface area contributed by atoms with Crippen LogP contribution in [-0.2, 0) is 11.3 Å². The maximum atomic E-state index is 5.04. The molecule has 2 rings (SSSR count). The van der Waals surface area contributed by atoms with E-state index in [2.05, 4.69) is 33.0 Å². The lowest BCUT2D eigenvalue weighted by Crippen LogP contribution is -2.18. The first-order valence-electron chi connectivity index (χ1n) is 6.72. The summed E-state index contributed by atoms with van der Waals surface area (Å²) >= 11 is 0. The second kappa shape index (κ2) is 6.75. The van der Waals surface area contributed by atoms with E-state index in [0.29, 0.717) is 0 Å². The molecule has 5 nitrogen and oxygen atoms in total. The van der Waals surface area contributed by atoms with Gasteiger partial charge in [0.2, 0.25) is 5.95 Å². The van der Waals surface area contributed by atoms with Crippen molar-refractivity contribution in [2.24, 2.45) is 5.92 Å². The Bertz CT molecular complexity index is 353. The second-order valence-electron chi connectivity index (χ2n) is 5.09. The molecule has 5 heteroatoms. The van der Waals surface area contributed by atoms with Crippen LogP contribution in [0.15, 0.2) is 12.4 Å². The highest BCUT2D eigenvalue weighted by atomic mass is 16.5. The molecule has 1 unspecified atom stereocenters. The van der Waals surface area contributed by atoms with Gasteiger partial charge in [-0.05, 0) is 32.4 Å². The number of methoxy groups -OCH3 is 1. The first kappa shape index (κ1) is 13.4. The molecular weight excluding hydrogens is 228 g/mol. The minimum Gasteiger partial charge on any atom is -0.385 e. The molecule has 1 N–H and O–H groups in total. The van der Waals surface area contributed by atoms with Crippen LogP contribution in [-0.4, -0.2) is 54.8 Å². The van der Waals surface area contributed by atoms with E-state index in [0.717, 1.165) is 38.0 Å². The lowest BCUT2D eigenvalue weighted by atomic mass is 10.1. The highest BCUT2D eigenvalue weighted by Gasteiger charge is 2.20. The third-order valence-electron chi connectivity index (χ3n) is 3.47. The predicted molar refractivity (Wildman–Crippen MR) is 72.8 cm³/mol. The summed E-state index contributed by atoms with van der Waals surface area (Å²) in [6, 6.07) is 0. The first-order chi connectivity index (χ1) is 8.79.